The van der Waals surface area contributed by atoms with E-state index in [9.17, 15) is 4.79 Å². The zero-order valence-corrected chi connectivity index (χ0v) is 13.1. The van der Waals surface area contributed by atoms with Crippen molar-refractivity contribution < 1.29 is 14.3 Å². The highest BCUT2D eigenvalue weighted by atomic mass is 32.2. The molecule has 1 aliphatic rings. The number of thioether (sulfide) groups is 1. The Kier molecular flexibility index (Phi) is 5.27. The van der Waals surface area contributed by atoms with Crippen LogP contribution >= 0.6 is 11.8 Å². The van der Waals surface area contributed by atoms with E-state index in [4.69, 9.17) is 9.47 Å². The molecule has 5 nitrogen and oxygen atoms in total. The van der Waals surface area contributed by atoms with Crippen LogP contribution in [-0.2, 0) is 4.79 Å². The number of carbonyl (C=O) groups is 1. The molecule has 1 heterocycles. The van der Waals surface area contributed by atoms with E-state index in [1.807, 2.05) is 30.5 Å². The van der Waals surface area contributed by atoms with E-state index in [-0.39, 0.29) is 5.91 Å². The fourth-order valence-corrected chi connectivity index (χ4v) is 2.62. The highest BCUT2D eigenvalue weighted by Gasteiger charge is 2.12. The number of nitrogens with zero attached hydrogens (tertiary/aromatic N) is 1. The van der Waals surface area contributed by atoms with Gasteiger partial charge in [-0.1, -0.05) is 6.08 Å². The molecule has 0 aromatic heterocycles. The lowest BCUT2D eigenvalue weighted by molar-refractivity contribution is -0.121. The van der Waals surface area contributed by atoms with E-state index in [1.54, 1.807) is 26.0 Å². The van der Waals surface area contributed by atoms with E-state index >= 15 is 0 Å². The summed E-state index contributed by atoms with van der Waals surface area (Å²) in [4.78, 5) is 12.1. The molecule has 0 atom stereocenters. The molecule has 1 aliphatic heterocycles. The van der Waals surface area contributed by atoms with Crippen LogP contribution in [0.2, 0.25) is 0 Å². The van der Waals surface area contributed by atoms with Crippen LogP contribution in [0.1, 0.15) is 18.4 Å². The summed E-state index contributed by atoms with van der Waals surface area (Å²) in [5, 5.41) is 4.01. The summed E-state index contributed by atoms with van der Waals surface area (Å²) in [7, 11) is 3.25. The fraction of sp³-hybridized carbons (Fsp3) is 0.333. The van der Waals surface area contributed by atoms with Crippen LogP contribution in [0.5, 0.6) is 11.5 Å². The summed E-state index contributed by atoms with van der Waals surface area (Å²) in [6, 6.07) is 3.95. The number of hydrogen-bond acceptors (Lipinski definition) is 5. The number of benzene rings is 1. The molecule has 0 bridgehead atoms. The van der Waals surface area contributed by atoms with Crippen LogP contribution in [0.25, 0.3) is 6.08 Å². The number of rotatable bonds is 5. The Bertz CT molecular complexity index is 572. The summed E-state index contributed by atoms with van der Waals surface area (Å²) in [5.74, 6) is 1.40. The second-order valence-electron chi connectivity index (χ2n) is 4.43. The molecule has 0 radical (unpaired) electrons. The normalized spacial score (nSPS) is 14.8. The van der Waals surface area contributed by atoms with Gasteiger partial charge in [-0.2, -0.15) is 5.10 Å². The third-order valence-corrected chi connectivity index (χ3v) is 3.83. The average Bonchev–Trinajstić information content (AvgIpc) is 2.53. The van der Waals surface area contributed by atoms with Crippen LogP contribution in [0, 0.1) is 0 Å². The minimum Gasteiger partial charge on any atom is -0.493 e. The van der Waals surface area contributed by atoms with Crippen molar-refractivity contribution in [3.8, 4) is 11.5 Å². The number of allylic oxidation sites excluding steroid dienone is 1. The van der Waals surface area contributed by atoms with Gasteiger partial charge in [-0.05, 0) is 30.0 Å². The first kappa shape index (κ1) is 15.4. The first-order valence-electron chi connectivity index (χ1n) is 6.51. The number of nitrogens with one attached hydrogen (secondary N) is 1. The molecule has 112 valence electrons. The van der Waals surface area contributed by atoms with Gasteiger partial charge in [0, 0.05) is 12.8 Å². The van der Waals surface area contributed by atoms with Crippen molar-refractivity contribution in [3.05, 3.63) is 23.8 Å². The second-order valence-corrected chi connectivity index (χ2v) is 5.28. The second kappa shape index (κ2) is 7.17. The van der Waals surface area contributed by atoms with Crippen molar-refractivity contribution in [2.75, 3.05) is 20.5 Å². The van der Waals surface area contributed by atoms with Crippen LogP contribution in [0.4, 0.5) is 0 Å². The standard InChI is InChI=1S/C15H18N2O3S/c1-19-12-8-10(9-13(21-3)15(12)20-2)4-5-11-6-7-14(18)17-16-11/h4-5,8-9H,6-7H2,1-3H3,(H,17,18). The predicted molar refractivity (Wildman–Crippen MR) is 85.2 cm³/mol. The number of amides is 1. The number of carbonyl (C=O) groups excluding carboxylic acids is 1. The van der Waals surface area contributed by atoms with E-state index in [0.717, 1.165) is 21.9 Å². The van der Waals surface area contributed by atoms with Gasteiger partial charge < -0.3 is 9.47 Å². The third kappa shape index (κ3) is 3.78. The van der Waals surface area contributed by atoms with Crippen molar-refractivity contribution in [1.82, 2.24) is 5.43 Å². The Morgan fingerprint density at radius 1 is 1.24 bits per heavy atom. The Labute approximate surface area is 128 Å². The molecule has 6 heteroatoms. The monoisotopic (exact) mass is 306 g/mol. The molecule has 1 N–H and O–H groups in total. The molecule has 1 aromatic rings. The number of ether oxygens (including phenoxy) is 2. The smallest absolute Gasteiger partial charge is 0.240 e. The van der Waals surface area contributed by atoms with Crippen LogP contribution < -0.4 is 14.9 Å². The Morgan fingerprint density at radius 2 is 2.05 bits per heavy atom. The maximum atomic E-state index is 11.0. The van der Waals surface area contributed by atoms with Gasteiger partial charge in [-0.15, -0.1) is 11.8 Å². The maximum Gasteiger partial charge on any atom is 0.240 e. The molecule has 0 saturated heterocycles. The first-order valence-corrected chi connectivity index (χ1v) is 7.74. The molecule has 0 spiro atoms. The topological polar surface area (TPSA) is 59.9 Å². The highest BCUT2D eigenvalue weighted by molar-refractivity contribution is 7.98. The van der Waals surface area contributed by atoms with Gasteiger partial charge in [0.2, 0.25) is 5.91 Å². The lowest BCUT2D eigenvalue weighted by Crippen LogP contribution is -2.24. The van der Waals surface area contributed by atoms with E-state index < -0.39 is 0 Å². The van der Waals surface area contributed by atoms with Crippen molar-refractivity contribution >= 4 is 29.5 Å². The van der Waals surface area contributed by atoms with Gasteiger partial charge in [0.05, 0.1) is 24.8 Å². The quantitative estimate of drug-likeness (QED) is 0.850. The summed E-state index contributed by atoms with van der Waals surface area (Å²) in [6.07, 6.45) is 6.99. The van der Waals surface area contributed by atoms with Crippen LogP contribution in [-0.4, -0.2) is 32.1 Å². The zero-order chi connectivity index (χ0) is 15.2. The van der Waals surface area contributed by atoms with Crippen molar-refractivity contribution in [3.63, 3.8) is 0 Å². The maximum absolute atomic E-state index is 11.0. The van der Waals surface area contributed by atoms with E-state index in [0.29, 0.717) is 18.6 Å². The van der Waals surface area contributed by atoms with Crippen molar-refractivity contribution in [2.24, 2.45) is 5.10 Å². The largest absolute Gasteiger partial charge is 0.493 e. The summed E-state index contributed by atoms with van der Waals surface area (Å²) < 4.78 is 10.7. The lowest BCUT2D eigenvalue weighted by Gasteiger charge is -2.12. The van der Waals surface area contributed by atoms with Gasteiger partial charge in [-0.25, -0.2) is 5.43 Å². The number of hydrazone groups is 1. The van der Waals surface area contributed by atoms with Gasteiger partial charge in [0.1, 0.15) is 0 Å². The number of hydrogen-bond donors (Lipinski definition) is 1. The van der Waals surface area contributed by atoms with Gasteiger partial charge in [0.25, 0.3) is 0 Å². The molecule has 1 amide bonds. The third-order valence-electron chi connectivity index (χ3n) is 3.09. The average molecular weight is 306 g/mol. The molecule has 21 heavy (non-hydrogen) atoms. The Balaban J connectivity index is 2.26. The van der Waals surface area contributed by atoms with Crippen molar-refractivity contribution in [2.45, 2.75) is 17.7 Å². The van der Waals surface area contributed by atoms with Gasteiger partial charge in [0.15, 0.2) is 11.5 Å². The predicted octanol–water partition coefficient (Wildman–Crippen LogP) is 2.70. The molecule has 2 rings (SSSR count). The zero-order valence-electron chi connectivity index (χ0n) is 12.3. The number of methoxy groups -OCH3 is 2. The Hall–Kier alpha value is -1.95. The van der Waals surface area contributed by atoms with E-state index in [1.165, 1.54) is 0 Å². The van der Waals surface area contributed by atoms with Crippen molar-refractivity contribution in [1.29, 1.82) is 0 Å². The minimum absolute atomic E-state index is 0.0389. The molecule has 0 fully saturated rings. The SMILES string of the molecule is COc1cc(C=CC2=NNC(=O)CC2)cc(SC)c1OC. The summed E-state index contributed by atoms with van der Waals surface area (Å²) >= 11 is 1.60. The minimum atomic E-state index is -0.0389. The summed E-state index contributed by atoms with van der Waals surface area (Å²) in [5.41, 5.74) is 4.33. The van der Waals surface area contributed by atoms with E-state index in [2.05, 4.69) is 10.5 Å². The first-order chi connectivity index (χ1) is 10.2. The molecule has 0 saturated carbocycles. The van der Waals surface area contributed by atoms with Crippen LogP contribution in [0.3, 0.4) is 0 Å². The molecule has 0 unspecified atom stereocenters. The molecular formula is C15H18N2O3S. The summed E-state index contributed by atoms with van der Waals surface area (Å²) in [6.45, 7) is 0. The molecule has 1 aromatic carbocycles. The van der Waals surface area contributed by atoms with Gasteiger partial charge in [-0.3, -0.25) is 4.79 Å². The Morgan fingerprint density at radius 3 is 2.62 bits per heavy atom. The fourth-order valence-electron chi connectivity index (χ4n) is 2.00. The molecular weight excluding hydrogens is 288 g/mol. The lowest BCUT2D eigenvalue weighted by atomic mass is 10.1. The van der Waals surface area contributed by atoms with Gasteiger partial charge >= 0.3 is 0 Å². The highest BCUT2D eigenvalue weighted by Crippen LogP contribution is 2.38. The molecule has 0 aliphatic carbocycles. The van der Waals surface area contributed by atoms with Crippen LogP contribution in [0.15, 0.2) is 28.2 Å².